The van der Waals surface area contributed by atoms with Gasteiger partial charge in [0.1, 0.15) is 5.60 Å². The summed E-state index contributed by atoms with van der Waals surface area (Å²) in [5.74, 6) is -0.101. The highest BCUT2D eigenvalue weighted by Gasteiger charge is 2.32. The Balaban J connectivity index is 2.14. The van der Waals surface area contributed by atoms with Crippen LogP contribution in [0, 0.1) is 5.82 Å². The zero-order chi connectivity index (χ0) is 12.5. The molecule has 0 saturated carbocycles. The fourth-order valence-corrected chi connectivity index (χ4v) is 2.40. The number of piperidine rings is 1. The molecule has 1 aliphatic heterocycles. The number of anilines is 1. The molecule has 1 heterocycles. The number of rotatable bonds is 2. The number of hydrogen-bond acceptors (Lipinski definition) is 3. The molecular weight excluding hydrogens is 219 g/mol. The number of benzene rings is 1. The summed E-state index contributed by atoms with van der Waals surface area (Å²) in [6.45, 7) is 3.92. The third kappa shape index (κ3) is 2.88. The molecule has 94 valence electrons. The fourth-order valence-electron chi connectivity index (χ4n) is 2.40. The molecule has 0 aliphatic carbocycles. The second kappa shape index (κ2) is 4.53. The molecule has 0 aromatic heterocycles. The van der Waals surface area contributed by atoms with Crippen LogP contribution < -0.4 is 10.5 Å². The summed E-state index contributed by atoms with van der Waals surface area (Å²) in [5.41, 5.74) is 5.61. The molecule has 1 atom stereocenters. The van der Waals surface area contributed by atoms with Crippen molar-refractivity contribution in [2.24, 2.45) is 0 Å². The minimum atomic E-state index is -0.389. The number of nitrogens with two attached hydrogens (primary N) is 1. The molecule has 3 nitrogen and oxygen atoms in total. The second-order valence-corrected chi connectivity index (χ2v) is 5.08. The van der Waals surface area contributed by atoms with Crippen molar-refractivity contribution in [2.45, 2.75) is 25.4 Å². The first-order chi connectivity index (χ1) is 7.98. The Labute approximate surface area is 101 Å². The van der Waals surface area contributed by atoms with Crippen LogP contribution in [0.15, 0.2) is 18.2 Å². The first kappa shape index (κ1) is 12.2. The number of likely N-dealkylation sites (N-methyl/N-ethyl adjacent to an activating group) is 1. The molecule has 2 N–H and O–H groups in total. The Morgan fingerprint density at radius 1 is 1.47 bits per heavy atom. The van der Waals surface area contributed by atoms with Gasteiger partial charge in [0.05, 0.1) is 0 Å². The Hall–Kier alpha value is -1.29. The van der Waals surface area contributed by atoms with E-state index in [4.69, 9.17) is 10.5 Å². The van der Waals surface area contributed by atoms with Gasteiger partial charge in [0.25, 0.3) is 0 Å². The van der Waals surface area contributed by atoms with Gasteiger partial charge in [-0.3, -0.25) is 0 Å². The summed E-state index contributed by atoms with van der Waals surface area (Å²) < 4.78 is 19.5. The van der Waals surface area contributed by atoms with E-state index in [2.05, 4.69) is 11.9 Å². The van der Waals surface area contributed by atoms with E-state index in [-0.39, 0.29) is 17.2 Å². The van der Waals surface area contributed by atoms with Crippen molar-refractivity contribution in [1.82, 2.24) is 4.90 Å². The van der Waals surface area contributed by atoms with Crippen LogP contribution in [0.5, 0.6) is 5.75 Å². The van der Waals surface area contributed by atoms with E-state index in [0.717, 1.165) is 25.9 Å². The van der Waals surface area contributed by atoms with Crippen LogP contribution >= 0.6 is 0 Å². The Kier molecular flexibility index (Phi) is 3.24. The van der Waals surface area contributed by atoms with Gasteiger partial charge in [0, 0.05) is 18.3 Å². The minimum Gasteiger partial charge on any atom is -0.483 e. The molecule has 1 saturated heterocycles. The van der Waals surface area contributed by atoms with Gasteiger partial charge in [-0.15, -0.1) is 0 Å². The highest BCUT2D eigenvalue weighted by Crippen LogP contribution is 2.29. The standard InChI is InChI=1S/C13H19FN2O/c1-13(6-3-7-16(2)9-13)17-12-5-4-10(15)8-11(12)14/h4-5,8H,3,6-7,9,15H2,1-2H3. The molecule has 0 spiro atoms. The number of likely N-dealkylation sites (tertiary alicyclic amines) is 1. The zero-order valence-electron chi connectivity index (χ0n) is 10.4. The van der Waals surface area contributed by atoms with Crippen molar-refractivity contribution < 1.29 is 9.13 Å². The van der Waals surface area contributed by atoms with Gasteiger partial charge in [-0.1, -0.05) is 0 Å². The summed E-state index contributed by atoms with van der Waals surface area (Å²) in [7, 11) is 2.06. The van der Waals surface area contributed by atoms with Crippen molar-refractivity contribution in [2.75, 3.05) is 25.9 Å². The van der Waals surface area contributed by atoms with Crippen LogP contribution in [0.25, 0.3) is 0 Å². The zero-order valence-corrected chi connectivity index (χ0v) is 10.4. The Morgan fingerprint density at radius 2 is 2.24 bits per heavy atom. The predicted molar refractivity (Wildman–Crippen MR) is 66.6 cm³/mol. The topological polar surface area (TPSA) is 38.5 Å². The average molecular weight is 238 g/mol. The molecule has 17 heavy (non-hydrogen) atoms. The van der Waals surface area contributed by atoms with Crippen molar-refractivity contribution in [1.29, 1.82) is 0 Å². The fraction of sp³-hybridized carbons (Fsp3) is 0.538. The highest BCUT2D eigenvalue weighted by atomic mass is 19.1. The van der Waals surface area contributed by atoms with Crippen molar-refractivity contribution >= 4 is 5.69 Å². The van der Waals surface area contributed by atoms with Crippen molar-refractivity contribution in [3.05, 3.63) is 24.0 Å². The van der Waals surface area contributed by atoms with Gasteiger partial charge >= 0.3 is 0 Å². The van der Waals surface area contributed by atoms with Gasteiger partial charge in [0.15, 0.2) is 11.6 Å². The van der Waals surface area contributed by atoms with Crippen molar-refractivity contribution in [3.8, 4) is 5.75 Å². The third-order valence-electron chi connectivity index (χ3n) is 3.16. The van der Waals surface area contributed by atoms with Crippen LogP contribution in [0.3, 0.4) is 0 Å². The van der Waals surface area contributed by atoms with E-state index in [1.807, 2.05) is 6.92 Å². The Bertz CT molecular complexity index is 410. The molecule has 1 aliphatic rings. The number of halogens is 1. The summed E-state index contributed by atoms with van der Waals surface area (Å²) in [6.07, 6.45) is 2.02. The van der Waals surface area contributed by atoms with E-state index in [1.54, 1.807) is 12.1 Å². The van der Waals surface area contributed by atoms with Gasteiger partial charge in [-0.2, -0.15) is 0 Å². The molecule has 4 heteroatoms. The molecule has 2 rings (SSSR count). The van der Waals surface area contributed by atoms with E-state index in [1.165, 1.54) is 6.07 Å². The number of hydrogen-bond donors (Lipinski definition) is 1. The van der Waals surface area contributed by atoms with Gasteiger partial charge < -0.3 is 15.4 Å². The SMILES string of the molecule is CN1CCCC(C)(Oc2ccc(N)cc2F)C1. The van der Waals surface area contributed by atoms with Crippen LogP contribution in [-0.2, 0) is 0 Å². The average Bonchev–Trinajstić information content (AvgIpc) is 2.22. The molecule has 0 radical (unpaired) electrons. The molecule has 0 bridgehead atoms. The van der Waals surface area contributed by atoms with E-state index in [9.17, 15) is 4.39 Å². The summed E-state index contributed by atoms with van der Waals surface area (Å²) in [6, 6.07) is 4.56. The largest absolute Gasteiger partial charge is 0.483 e. The lowest BCUT2D eigenvalue weighted by Gasteiger charge is -2.39. The number of nitrogen functional groups attached to an aromatic ring is 1. The second-order valence-electron chi connectivity index (χ2n) is 5.08. The monoisotopic (exact) mass is 238 g/mol. The van der Waals surface area contributed by atoms with Gasteiger partial charge in [-0.25, -0.2) is 4.39 Å². The van der Waals surface area contributed by atoms with Gasteiger partial charge in [0.2, 0.25) is 0 Å². The van der Waals surface area contributed by atoms with Crippen LogP contribution in [0.4, 0.5) is 10.1 Å². The summed E-state index contributed by atoms with van der Waals surface area (Å²) in [5, 5.41) is 0. The van der Waals surface area contributed by atoms with Crippen LogP contribution in [0.1, 0.15) is 19.8 Å². The highest BCUT2D eigenvalue weighted by molar-refractivity contribution is 5.43. The molecule has 1 aromatic carbocycles. The lowest BCUT2D eigenvalue weighted by molar-refractivity contribution is 0.0127. The number of ether oxygens (including phenoxy) is 1. The maximum atomic E-state index is 13.7. The lowest BCUT2D eigenvalue weighted by atomic mass is 9.95. The first-order valence-electron chi connectivity index (χ1n) is 5.91. The van der Waals surface area contributed by atoms with E-state index < -0.39 is 0 Å². The molecular formula is C13H19FN2O. The summed E-state index contributed by atoms with van der Waals surface area (Å²) >= 11 is 0. The normalized spacial score (nSPS) is 25.8. The molecule has 1 aromatic rings. The van der Waals surface area contributed by atoms with E-state index in [0.29, 0.717) is 5.69 Å². The smallest absolute Gasteiger partial charge is 0.167 e. The summed E-state index contributed by atoms with van der Waals surface area (Å²) in [4.78, 5) is 2.21. The number of nitrogens with zero attached hydrogens (tertiary/aromatic N) is 1. The Morgan fingerprint density at radius 3 is 2.88 bits per heavy atom. The maximum absolute atomic E-state index is 13.7. The van der Waals surface area contributed by atoms with Crippen LogP contribution in [-0.4, -0.2) is 30.6 Å². The molecule has 1 unspecified atom stereocenters. The first-order valence-corrected chi connectivity index (χ1v) is 5.91. The van der Waals surface area contributed by atoms with E-state index >= 15 is 0 Å². The molecule has 1 fully saturated rings. The quantitative estimate of drug-likeness (QED) is 0.803. The third-order valence-corrected chi connectivity index (χ3v) is 3.16. The predicted octanol–water partition coefficient (Wildman–Crippen LogP) is 2.27. The molecule has 0 amide bonds. The van der Waals surface area contributed by atoms with Crippen molar-refractivity contribution in [3.63, 3.8) is 0 Å². The van der Waals surface area contributed by atoms with Crippen LogP contribution in [0.2, 0.25) is 0 Å². The lowest BCUT2D eigenvalue weighted by Crippen LogP contribution is -2.48. The maximum Gasteiger partial charge on any atom is 0.167 e. The van der Waals surface area contributed by atoms with Gasteiger partial charge in [-0.05, 0) is 45.5 Å². The minimum absolute atomic E-state index is 0.289.